The predicted molar refractivity (Wildman–Crippen MR) is 138 cm³/mol. The molecule has 0 bridgehead atoms. The van der Waals surface area contributed by atoms with Gasteiger partial charge in [0, 0.05) is 16.3 Å². The molecule has 1 heterocycles. The molecule has 0 saturated heterocycles. The van der Waals surface area contributed by atoms with Crippen molar-refractivity contribution in [3.05, 3.63) is 46.5 Å². The SMILES string of the molecule is CC(C)(C)c1c(C(C)(C)C)c(C(C)(C)C)c2c(o[pH]oc3ccccc32)c1C(C)(C)C. The lowest BCUT2D eigenvalue weighted by atomic mass is 9.63. The average molecular weight is 441 g/mol. The number of fused-ring (bicyclic) bond motifs is 3. The van der Waals surface area contributed by atoms with Crippen LogP contribution in [-0.2, 0) is 21.7 Å². The van der Waals surface area contributed by atoms with Crippen LogP contribution in [0.15, 0.2) is 32.7 Å². The lowest BCUT2D eigenvalue weighted by Crippen LogP contribution is -2.32. The highest BCUT2D eigenvalue weighted by Crippen LogP contribution is 2.51. The summed E-state index contributed by atoms with van der Waals surface area (Å²) in [4.78, 5) is 0. The van der Waals surface area contributed by atoms with E-state index >= 15 is 0 Å². The lowest BCUT2D eigenvalue weighted by Gasteiger charge is -2.41. The molecule has 0 radical (unpaired) electrons. The molecule has 1 unspecified atom stereocenters. The van der Waals surface area contributed by atoms with Crippen molar-refractivity contribution in [2.75, 3.05) is 0 Å². The molecule has 0 aliphatic rings. The molecule has 0 spiro atoms. The van der Waals surface area contributed by atoms with Gasteiger partial charge in [0.05, 0.1) is 0 Å². The molecule has 3 aromatic rings. The molecule has 1 aromatic heterocycles. The van der Waals surface area contributed by atoms with Crippen molar-refractivity contribution in [2.45, 2.75) is 105 Å². The van der Waals surface area contributed by atoms with Crippen LogP contribution < -0.4 is 0 Å². The molecule has 3 rings (SSSR count). The summed E-state index contributed by atoms with van der Waals surface area (Å²) in [6.45, 7) is 28.0. The third kappa shape index (κ3) is 4.34. The normalized spacial score (nSPS) is 14.1. The molecule has 3 heteroatoms. The Morgan fingerprint density at radius 1 is 0.548 bits per heavy atom. The van der Waals surface area contributed by atoms with Gasteiger partial charge in [0.25, 0.3) is 0 Å². The fourth-order valence-corrected chi connectivity index (χ4v) is 5.52. The Morgan fingerprint density at radius 2 is 1.00 bits per heavy atom. The molecule has 0 amide bonds. The number of para-hydroxylation sites is 1. The zero-order chi connectivity index (χ0) is 23.6. The monoisotopic (exact) mass is 440 g/mol. The standard InChI is InChI=1S/C28H41O2P/c1-25(2,3)20-19-17-15-13-14-16-18(17)29-31-30-24(19)23(28(10,11)12)22(27(7,8)9)21(20)26(4,5)6/h13-16,31H,1-12H3. The fraction of sp³-hybridized carbons (Fsp3) is 0.571. The van der Waals surface area contributed by atoms with Crippen molar-refractivity contribution < 1.29 is 8.39 Å². The molecule has 0 saturated carbocycles. The minimum absolute atomic E-state index is 0.0232. The summed E-state index contributed by atoms with van der Waals surface area (Å²) in [7, 11) is -0.0528. The lowest BCUT2D eigenvalue weighted by molar-refractivity contribution is 0.478. The van der Waals surface area contributed by atoms with Gasteiger partial charge in [-0.2, -0.15) is 0 Å². The van der Waals surface area contributed by atoms with E-state index in [1.807, 2.05) is 6.07 Å². The third-order valence-electron chi connectivity index (χ3n) is 5.91. The molecule has 2 aromatic carbocycles. The Morgan fingerprint density at radius 3 is 1.48 bits per heavy atom. The fourth-order valence-electron chi connectivity index (χ4n) is 4.92. The van der Waals surface area contributed by atoms with E-state index in [0.717, 1.165) is 16.6 Å². The first-order valence-corrected chi connectivity index (χ1v) is 12.2. The van der Waals surface area contributed by atoms with E-state index in [0.29, 0.717) is 0 Å². The first kappa shape index (κ1) is 24.0. The van der Waals surface area contributed by atoms with Crippen LogP contribution in [0.2, 0.25) is 0 Å². The van der Waals surface area contributed by atoms with Gasteiger partial charge in [-0.3, -0.25) is 0 Å². The van der Waals surface area contributed by atoms with Gasteiger partial charge in [0.1, 0.15) is 11.2 Å². The van der Waals surface area contributed by atoms with E-state index in [1.54, 1.807) is 0 Å². The predicted octanol–water partition coefficient (Wildman–Crippen LogP) is 9.52. The van der Waals surface area contributed by atoms with Gasteiger partial charge in [-0.25, -0.2) is 0 Å². The second-order valence-corrected chi connectivity index (χ2v) is 13.6. The van der Waals surface area contributed by atoms with Gasteiger partial charge >= 0.3 is 0 Å². The third-order valence-corrected chi connectivity index (χ3v) is 6.50. The highest BCUT2D eigenvalue weighted by atomic mass is 31.1. The Kier molecular flexibility index (Phi) is 5.76. The topological polar surface area (TPSA) is 26.3 Å². The van der Waals surface area contributed by atoms with Crippen molar-refractivity contribution >= 4 is 30.6 Å². The number of benzene rings is 2. The summed E-state index contributed by atoms with van der Waals surface area (Å²) < 4.78 is 12.7. The molecule has 1 atom stereocenters. The Balaban J connectivity index is 2.92. The van der Waals surface area contributed by atoms with Crippen LogP contribution in [0.5, 0.6) is 0 Å². The van der Waals surface area contributed by atoms with Crippen LogP contribution in [0.4, 0.5) is 0 Å². The van der Waals surface area contributed by atoms with Gasteiger partial charge in [-0.15, -0.1) is 0 Å². The number of rotatable bonds is 0. The summed E-state index contributed by atoms with van der Waals surface area (Å²) in [5, 5.41) is 2.36. The minimum Gasteiger partial charge on any atom is -0.421 e. The molecular weight excluding hydrogens is 399 g/mol. The van der Waals surface area contributed by atoms with Crippen molar-refractivity contribution in [3.63, 3.8) is 0 Å². The first-order valence-electron chi connectivity index (χ1n) is 11.4. The van der Waals surface area contributed by atoms with E-state index in [1.165, 1.54) is 27.6 Å². The smallest absolute Gasteiger partial charge is 0.201 e. The second-order valence-electron chi connectivity index (χ2n) is 13.0. The van der Waals surface area contributed by atoms with Gasteiger partial charge < -0.3 is 8.39 Å². The van der Waals surface area contributed by atoms with E-state index < -0.39 is 0 Å². The van der Waals surface area contributed by atoms with Gasteiger partial charge in [0.15, 0.2) is 0 Å². The summed E-state index contributed by atoms with van der Waals surface area (Å²) in [5.74, 6) is 0. The molecule has 2 nitrogen and oxygen atoms in total. The van der Waals surface area contributed by atoms with Crippen molar-refractivity contribution in [3.8, 4) is 0 Å². The Bertz CT molecular complexity index is 1150. The highest BCUT2D eigenvalue weighted by molar-refractivity contribution is 7.15. The van der Waals surface area contributed by atoms with Crippen LogP contribution in [0.1, 0.15) is 105 Å². The molecular formula is C28H41O2P. The summed E-state index contributed by atoms with van der Waals surface area (Å²) >= 11 is 0. The second kappa shape index (κ2) is 7.45. The van der Waals surface area contributed by atoms with Crippen molar-refractivity contribution in [1.29, 1.82) is 0 Å². The van der Waals surface area contributed by atoms with Crippen LogP contribution in [0.25, 0.3) is 21.9 Å². The molecule has 0 aliphatic heterocycles. The zero-order valence-corrected chi connectivity index (χ0v) is 22.6. The Labute approximate surface area is 190 Å². The first-order chi connectivity index (χ1) is 14.0. The maximum absolute atomic E-state index is 6.53. The van der Waals surface area contributed by atoms with Gasteiger partial charge in [-0.1, -0.05) is 101 Å². The molecule has 170 valence electrons. The summed E-state index contributed by atoms with van der Waals surface area (Å²) in [6, 6.07) is 8.42. The minimum atomic E-state index is -0.0765. The van der Waals surface area contributed by atoms with Crippen LogP contribution in [0, 0.1) is 0 Å². The van der Waals surface area contributed by atoms with E-state index in [2.05, 4.69) is 101 Å². The maximum Gasteiger partial charge on any atom is 0.201 e. The van der Waals surface area contributed by atoms with Crippen LogP contribution in [-0.4, -0.2) is 0 Å². The Hall–Kier alpha value is -1.66. The van der Waals surface area contributed by atoms with E-state index in [-0.39, 0.29) is 30.3 Å². The highest BCUT2D eigenvalue weighted by Gasteiger charge is 2.39. The van der Waals surface area contributed by atoms with E-state index in [9.17, 15) is 0 Å². The largest absolute Gasteiger partial charge is 0.421 e. The quantitative estimate of drug-likeness (QED) is 0.348. The van der Waals surface area contributed by atoms with E-state index in [4.69, 9.17) is 8.39 Å². The van der Waals surface area contributed by atoms with Crippen LogP contribution >= 0.6 is 8.67 Å². The van der Waals surface area contributed by atoms with Gasteiger partial charge in [-0.05, 0) is 44.4 Å². The van der Waals surface area contributed by atoms with Crippen molar-refractivity contribution in [2.24, 2.45) is 0 Å². The zero-order valence-electron chi connectivity index (χ0n) is 21.6. The number of hydrogen-bond acceptors (Lipinski definition) is 2. The number of hydrogen-bond donors (Lipinski definition) is 0. The average Bonchev–Trinajstić information content (AvgIpc) is 2.75. The summed E-state index contributed by atoms with van der Waals surface area (Å²) in [6.07, 6.45) is 0. The summed E-state index contributed by atoms with van der Waals surface area (Å²) in [5.41, 5.74) is 7.33. The molecule has 0 aliphatic carbocycles. The molecule has 0 fully saturated rings. The molecule has 0 N–H and O–H groups in total. The molecule has 31 heavy (non-hydrogen) atoms. The van der Waals surface area contributed by atoms with Gasteiger partial charge in [0.2, 0.25) is 8.67 Å². The van der Waals surface area contributed by atoms with Crippen LogP contribution in [0.3, 0.4) is 0 Å². The van der Waals surface area contributed by atoms with Crippen molar-refractivity contribution in [1.82, 2.24) is 0 Å². The maximum atomic E-state index is 6.53.